The van der Waals surface area contributed by atoms with Crippen molar-refractivity contribution >= 4 is 28.7 Å². The normalized spacial score (nSPS) is 13.5. The molecule has 298 valence electrons. The van der Waals surface area contributed by atoms with Crippen LogP contribution in [0.4, 0.5) is 22.7 Å². The zero-order chi connectivity index (χ0) is 39.7. The lowest BCUT2D eigenvalue weighted by Gasteiger charge is -2.34. The minimum absolute atomic E-state index is 0.0148. The van der Waals surface area contributed by atoms with Gasteiger partial charge in [-0.2, -0.15) is 10.5 Å². The Morgan fingerprint density at radius 3 is 1.78 bits per heavy atom. The van der Waals surface area contributed by atoms with Gasteiger partial charge in [-0.05, 0) is 74.1 Å². The van der Waals surface area contributed by atoms with Crippen LogP contribution in [0.2, 0.25) is 0 Å². The molecule has 2 aromatic carbocycles. The SMILES string of the molecule is CCCCC(CC)COc1cc(/N=N/c2ccc(C#N)cc2C#N)c(NC(=O)C(CC)CCCC)cc1N(CC(CC)CCCC)CC(CC)CCCC. The predicted molar refractivity (Wildman–Crippen MR) is 226 cm³/mol. The first kappa shape index (κ1) is 46.2. The minimum Gasteiger partial charge on any atom is -0.491 e. The van der Waals surface area contributed by atoms with Gasteiger partial charge in [-0.3, -0.25) is 4.79 Å². The average molecular weight is 741 g/mol. The highest BCUT2D eigenvalue weighted by Gasteiger charge is 2.25. The quantitative estimate of drug-likeness (QED) is 0.0872. The fourth-order valence-electron chi connectivity index (χ4n) is 7.03. The van der Waals surface area contributed by atoms with Crippen molar-refractivity contribution < 1.29 is 9.53 Å². The predicted octanol–water partition coefficient (Wildman–Crippen LogP) is 13.8. The third kappa shape index (κ3) is 15.4. The molecule has 8 heteroatoms. The van der Waals surface area contributed by atoms with E-state index in [9.17, 15) is 15.3 Å². The van der Waals surface area contributed by atoms with Gasteiger partial charge in [0, 0.05) is 25.1 Å². The van der Waals surface area contributed by atoms with Crippen molar-refractivity contribution in [3.63, 3.8) is 0 Å². The molecular weight excluding hydrogens is 669 g/mol. The lowest BCUT2D eigenvalue weighted by molar-refractivity contribution is -0.120. The number of unbranched alkanes of at least 4 members (excludes halogenated alkanes) is 4. The summed E-state index contributed by atoms with van der Waals surface area (Å²) < 4.78 is 6.87. The molecule has 4 unspecified atom stereocenters. The van der Waals surface area contributed by atoms with E-state index < -0.39 is 0 Å². The summed E-state index contributed by atoms with van der Waals surface area (Å²) in [6.07, 6.45) is 17.4. The van der Waals surface area contributed by atoms with Crippen molar-refractivity contribution in [1.82, 2.24) is 0 Å². The number of nitrogens with zero attached hydrogens (tertiary/aromatic N) is 5. The second-order valence-electron chi connectivity index (χ2n) is 15.2. The van der Waals surface area contributed by atoms with Gasteiger partial charge < -0.3 is 15.0 Å². The Hall–Kier alpha value is -3.91. The van der Waals surface area contributed by atoms with Gasteiger partial charge in [0.2, 0.25) is 5.91 Å². The monoisotopic (exact) mass is 741 g/mol. The number of amides is 1. The number of ether oxygens (including phenoxy) is 1. The van der Waals surface area contributed by atoms with E-state index in [1.165, 1.54) is 51.0 Å². The Kier molecular flexibility index (Phi) is 22.9. The molecule has 0 spiro atoms. The van der Waals surface area contributed by atoms with Crippen molar-refractivity contribution in [2.45, 2.75) is 158 Å². The Labute approximate surface area is 329 Å². The molecule has 0 fully saturated rings. The van der Waals surface area contributed by atoms with Crippen molar-refractivity contribution in [2.24, 2.45) is 33.9 Å². The van der Waals surface area contributed by atoms with Gasteiger partial charge >= 0.3 is 0 Å². The largest absolute Gasteiger partial charge is 0.491 e. The Bertz CT molecular complexity index is 1470. The molecule has 2 aromatic rings. The van der Waals surface area contributed by atoms with Gasteiger partial charge in [0.15, 0.2) is 0 Å². The number of azo groups is 1. The van der Waals surface area contributed by atoms with E-state index in [4.69, 9.17) is 9.85 Å². The number of nitrogens with one attached hydrogen (secondary N) is 1. The molecule has 0 aliphatic rings. The molecule has 2 rings (SSSR count). The zero-order valence-electron chi connectivity index (χ0n) is 35.2. The van der Waals surface area contributed by atoms with E-state index in [0.29, 0.717) is 47.0 Å². The van der Waals surface area contributed by atoms with Crippen LogP contribution in [0.25, 0.3) is 0 Å². The maximum atomic E-state index is 14.0. The van der Waals surface area contributed by atoms with Crippen LogP contribution < -0.4 is 15.0 Å². The number of rotatable bonds is 28. The van der Waals surface area contributed by atoms with Crippen LogP contribution in [0.15, 0.2) is 40.6 Å². The van der Waals surface area contributed by atoms with Crippen LogP contribution in [0.1, 0.15) is 169 Å². The summed E-state index contributed by atoms with van der Waals surface area (Å²) in [4.78, 5) is 16.5. The Morgan fingerprint density at radius 1 is 0.704 bits per heavy atom. The maximum Gasteiger partial charge on any atom is 0.227 e. The average Bonchev–Trinajstić information content (AvgIpc) is 3.20. The molecule has 0 bridgehead atoms. The highest BCUT2D eigenvalue weighted by molar-refractivity contribution is 5.96. The van der Waals surface area contributed by atoms with Crippen molar-refractivity contribution in [2.75, 3.05) is 29.9 Å². The summed E-state index contributed by atoms with van der Waals surface area (Å²) in [6, 6.07) is 13.1. The van der Waals surface area contributed by atoms with Gasteiger partial charge in [-0.1, -0.05) is 126 Å². The topological polar surface area (TPSA) is 114 Å². The molecule has 8 nitrogen and oxygen atoms in total. The molecule has 4 atom stereocenters. The van der Waals surface area contributed by atoms with Crippen LogP contribution >= 0.6 is 0 Å². The summed E-state index contributed by atoms with van der Waals surface area (Å²) in [7, 11) is 0. The third-order valence-electron chi connectivity index (χ3n) is 11.0. The van der Waals surface area contributed by atoms with E-state index in [-0.39, 0.29) is 17.4 Å². The van der Waals surface area contributed by atoms with Crippen LogP contribution in [0, 0.1) is 46.3 Å². The van der Waals surface area contributed by atoms with Crippen LogP contribution in [-0.2, 0) is 4.79 Å². The molecule has 0 saturated carbocycles. The van der Waals surface area contributed by atoms with E-state index in [1.54, 1.807) is 12.1 Å². The molecule has 54 heavy (non-hydrogen) atoms. The highest BCUT2D eigenvalue weighted by Crippen LogP contribution is 2.42. The first-order valence-corrected chi connectivity index (χ1v) is 21.5. The van der Waals surface area contributed by atoms with Crippen LogP contribution in [-0.4, -0.2) is 25.6 Å². The lowest BCUT2D eigenvalue weighted by Crippen LogP contribution is -2.34. The smallest absolute Gasteiger partial charge is 0.227 e. The Balaban J connectivity index is 2.89. The van der Waals surface area contributed by atoms with E-state index in [1.807, 2.05) is 6.07 Å². The number of anilines is 2. The molecule has 0 aliphatic heterocycles. The summed E-state index contributed by atoms with van der Waals surface area (Å²) in [5.74, 6) is 2.12. The molecule has 0 aromatic heterocycles. The summed E-state index contributed by atoms with van der Waals surface area (Å²) in [6.45, 7) is 20.3. The number of nitriles is 2. The van der Waals surface area contributed by atoms with Crippen molar-refractivity contribution in [1.29, 1.82) is 10.5 Å². The van der Waals surface area contributed by atoms with Gasteiger partial charge in [0.25, 0.3) is 0 Å². The zero-order valence-corrected chi connectivity index (χ0v) is 35.2. The highest BCUT2D eigenvalue weighted by atomic mass is 16.5. The maximum absolute atomic E-state index is 14.0. The van der Waals surface area contributed by atoms with Gasteiger partial charge in [-0.15, -0.1) is 10.2 Å². The number of benzene rings is 2. The fourth-order valence-corrected chi connectivity index (χ4v) is 7.03. The van der Waals surface area contributed by atoms with E-state index in [0.717, 1.165) is 82.3 Å². The molecule has 0 heterocycles. The van der Waals surface area contributed by atoms with Gasteiger partial charge in [-0.25, -0.2) is 0 Å². The first-order chi connectivity index (χ1) is 26.2. The second kappa shape index (κ2) is 26.8. The van der Waals surface area contributed by atoms with Crippen LogP contribution in [0.5, 0.6) is 5.75 Å². The number of carbonyl (C=O) groups excluding carboxylic acids is 1. The summed E-state index contributed by atoms with van der Waals surface area (Å²) in [5.41, 5.74) is 3.10. The lowest BCUT2D eigenvalue weighted by atomic mass is 9.95. The first-order valence-electron chi connectivity index (χ1n) is 21.5. The molecule has 0 saturated heterocycles. The molecule has 0 radical (unpaired) electrons. The molecular formula is C46H72N6O2. The second-order valence-corrected chi connectivity index (χ2v) is 15.2. The van der Waals surface area contributed by atoms with E-state index >= 15 is 0 Å². The summed E-state index contributed by atoms with van der Waals surface area (Å²) >= 11 is 0. The number of hydrogen-bond acceptors (Lipinski definition) is 7. The fraction of sp³-hybridized carbons (Fsp3) is 0.674. The molecule has 1 amide bonds. The molecule has 0 aliphatic carbocycles. The van der Waals surface area contributed by atoms with Crippen molar-refractivity contribution in [3.8, 4) is 17.9 Å². The minimum atomic E-state index is -0.116. The molecule has 1 N–H and O–H groups in total. The standard InChI is InChI=1S/C46H72N6O2/c1-9-17-21-35(13-5)32-52(33-36(14-6)22-18-10-2)44-28-42(49-46(53)39(16-8)24-20-12-4)43(29-45(44)54-34-37(15-7)23-19-11-3)51-50-41-26-25-38(30-47)27-40(41)31-48/h25-29,35-37,39H,9-24,32-34H2,1-8H3,(H,49,53)/b51-50+. The van der Waals surface area contributed by atoms with Gasteiger partial charge in [0.1, 0.15) is 23.2 Å². The third-order valence-corrected chi connectivity index (χ3v) is 11.0. The van der Waals surface area contributed by atoms with Crippen molar-refractivity contribution in [3.05, 3.63) is 41.5 Å². The Morgan fingerprint density at radius 2 is 1.26 bits per heavy atom. The van der Waals surface area contributed by atoms with Crippen LogP contribution in [0.3, 0.4) is 0 Å². The van der Waals surface area contributed by atoms with Gasteiger partial charge in [0.05, 0.1) is 35.2 Å². The number of carbonyl (C=O) groups is 1. The van der Waals surface area contributed by atoms with E-state index in [2.05, 4.69) is 88.9 Å². The summed E-state index contributed by atoms with van der Waals surface area (Å²) in [5, 5.41) is 31.8. The number of hydrogen-bond donors (Lipinski definition) is 1.